The minimum Gasteiger partial charge on any atom is -0.496 e. The van der Waals surface area contributed by atoms with Crippen LogP contribution >= 0.6 is 0 Å². The summed E-state index contributed by atoms with van der Waals surface area (Å²) in [5.41, 5.74) is 8.25. The molecule has 0 aliphatic heterocycles. The Morgan fingerprint density at radius 2 is 1.54 bits per heavy atom. The van der Waals surface area contributed by atoms with Gasteiger partial charge in [0.2, 0.25) is 0 Å². The Bertz CT molecular complexity index is 621. The van der Waals surface area contributed by atoms with Crippen LogP contribution in [0.1, 0.15) is 17.2 Å². The zero-order valence-corrected chi connectivity index (χ0v) is 14.8. The third kappa shape index (κ3) is 3.99. The lowest BCUT2D eigenvalue weighted by Crippen LogP contribution is -2.31. The van der Waals surface area contributed by atoms with E-state index in [4.69, 9.17) is 19.9 Å². The molecule has 0 bridgehead atoms. The van der Waals surface area contributed by atoms with Crippen LogP contribution in [0.25, 0.3) is 0 Å². The second-order valence-corrected chi connectivity index (χ2v) is 5.60. The third-order valence-electron chi connectivity index (χ3n) is 4.12. The molecule has 2 rings (SSSR count). The number of rotatable bonds is 8. The zero-order valence-electron chi connectivity index (χ0n) is 14.8. The van der Waals surface area contributed by atoms with Crippen LogP contribution in [0.5, 0.6) is 17.2 Å². The lowest BCUT2D eigenvalue weighted by Gasteiger charge is -2.30. The van der Waals surface area contributed by atoms with E-state index in [1.54, 1.807) is 21.3 Å². The maximum Gasteiger partial charge on any atom is 0.131 e. The first-order valence-electron chi connectivity index (χ1n) is 7.88. The van der Waals surface area contributed by atoms with Crippen molar-refractivity contribution in [1.82, 2.24) is 4.90 Å². The van der Waals surface area contributed by atoms with Crippen molar-refractivity contribution in [3.63, 3.8) is 0 Å². The van der Waals surface area contributed by atoms with Gasteiger partial charge >= 0.3 is 0 Å². The van der Waals surface area contributed by atoms with Gasteiger partial charge in [0.25, 0.3) is 0 Å². The van der Waals surface area contributed by atoms with E-state index in [0.29, 0.717) is 23.8 Å². The third-order valence-corrected chi connectivity index (χ3v) is 4.12. The number of hydrogen-bond donors (Lipinski definition) is 1. The van der Waals surface area contributed by atoms with Gasteiger partial charge in [0.05, 0.1) is 32.9 Å². The summed E-state index contributed by atoms with van der Waals surface area (Å²) in [7, 11) is 6.95. The van der Waals surface area contributed by atoms with Gasteiger partial charge in [-0.05, 0) is 12.6 Å². The Morgan fingerprint density at radius 1 is 0.958 bits per heavy atom. The SMILES string of the molecule is COc1cc(OC)c(C(CN)N(C)Cc2ccccc2)c(OC)c1. The van der Waals surface area contributed by atoms with E-state index >= 15 is 0 Å². The summed E-state index contributed by atoms with van der Waals surface area (Å²) in [5, 5.41) is 0. The Hall–Kier alpha value is -2.24. The van der Waals surface area contributed by atoms with E-state index in [0.717, 1.165) is 12.1 Å². The van der Waals surface area contributed by atoms with Crippen LogP contribution < -0.4 is 19.9 Å². The van der Waals surface area contributed by atoms with Crippen molar-refractivity contribution in [2.24, 2.45) is 5.73 Å². The first kappa shape index (κ1) is 18.1. The number of nitrogens with zero attached hydrogens (tertiary/aromatic N) is 1. The molecule has 2 aromatic carbocycles. The topological polar surface area (TPSA) is 57.0 Å². The van der Waals surface area contributed by atoms with Crippen LogP contribution in [0.3, 0.4) is 0 Å². The molecule has 0 aliphatic carbocycles. The molecule has 0 aromatic heterocycles. The van der Waals surface area contributed by atoms with Crippen LogP contribution in [0.4, 0.5) is 0 Å². The molecule has 0 fully saturated rings. The standard InChI is InChI=1S/C19H26N2O3/c1-21(13-14-8-6-5-7-9-14)16(12-20)19-17(23-3)10-15(22-2)11-18(19)24-4/h5-11,16H,12-13,20H2,1-4H3. The van der Waals surface area contributed by atoms with Gasteiger partial charge in [-0.2, -0.15) is 0 Å². The van der Waals surface area contributed by atoms with Gasteiger partial charge in [0, 0.05) is 25.2 Å². The summed E-state index contributed by atoms with van der Waals surface area (Å²) in [6, 6.07) is 14.0. The predicted molar refractivity (Wildman–Crippen MR) is 95.8 cm³/mol. The molecule has 1 atom stereocenters. The summed E-state index contributed by atoms with van der Waals surface area (Å²) in [6.07, 6.45) is 0. The first-order chi connectivity index (χ1) is 11.6. The normalized spacial score (nSPS) is 12.1. The van der Waals surface area contributed by atoms with Gasteiger partial charge in [-0.1, -0.05) is 30.3 Å². The van der Waals surface area contributed by atoms with Crippen LogP contribution in [0, 0.1) is 0 Å². The highest BCUT2D eigenvalue weighted by molar-refractivity contribution is 5.52. The monoisotopic (exact) mass is 330 g/mol. The van der Waals surface area contributed by atoms with Crippen molar-refractivity contribution >= 4 is 0 Å². The quantitative estimate of drug-likeness (QED) is 0.806. The van der Waals surface area contributed by atoms with E-state index in [1.807, 2.05) is 37.4 Å². The van der Waals surface area contributed by atoms with Gasteiger partial charge in [-0.3, -0.25) is 4.90 Å². The summed E-state index contributed by atoms with van der Waals surface area (Å²) >= 11 is 0. The molecule has 0 heterocycles. The predicted octanol–water partition coefficient (Wildman–Crippen LogP) is 2.84. The first-order valence-corrected chi connectivity index (χ1v) is 7.88. The summed E-state index contributed by atoms with van der Waals surface area (Å²) in [5.74, 6) is 2.11. The molecule has 0 amide bonds. The van der Waals surface area contributed by atoms with E-state index < -0.39 is 0 Å². The van der Waals surface area contributed by atoms with Crippen LogP contribution in [-0.4, -0.2) is 39.8 Å². The van der Waals surface area contributed by atoms with Crippen molar-refractivity contribution in [1.29, 1.82) is 0 Å². The minimum absolute atomic E-state index is 0.0407. The lowest BCUT2D eigenvalue weighted by atomic mass is 10.0. The number of methoxy groups -OCH3 is 3. The fraction of sp³-hybridized carbons (Fsp3) is 0.368. The highest BCUT2D eigenvalue weighted by Crippen LogP contribution is 2.40. The van der Waals surface area contributed by atoms with E-state index in [2.05, 4.69) is 17.0 Å². The number of hydrogen-bond acceptors (Lipinski definition) is 5. The lowest BCUT2D eigenvalue weighted by molar-refractivity contribution is 0.229. The Morgan fingerprint density at radius 3 is 2.00 bits per heavy atom. The molecular weight excluding hydrogens is 304 g/mol. The molecular formula is C19H26N2O3. The Kier molecular flexibility index (Phi) is 6.46. The fourth-order valence-corrected chi connectivity index (χ4v) is 2.86. The van der Waals surface area contributed by atoms with Gasteiger partial charge in [-0.15, -0.1) is 0 Å². The van der Waals surface area contributed by atoms with Crippen LogP contribution in [0.15, 0.2) is 42.5 Å². The zero-order chi connectivity index (χ0) is 17.5. The largest absolute Gasteiger partial charge is 0.496 e. The molecule has 0 saturated heterocycles. The Balaban J connectivity index is 2.38. The minimum atomic E-state index is -0.0407. The average Bonchev–Trinajstić information content (AvgIpc) is 2.62. The van der Waals surface area contributed by atoms with Crippen molar-refractivity contribution in [2.75, 3.05) is 34.9 Å². The molecule has 130 valence electrons. The van der Waals surface area contributed by atoms with Crippen molar-refractivity contribution in [2.45, 2.75) is 12.6 Å². The number of likely N-dealkylation sites (N-methyl/N-ethyl adjacent to an activating group) is 1. The Labute approximate surface area is 143 Å². The molecule has 1 unspecified atom stereocenters. The van der Waals surface area contributed by atoms with E-state index in [1.165, 1.54) is 5.56 Å². The van der Waals surface area contributed by atoms with Gasteiger partial charge in [0.1, 0.15) is 17.2 Å². The maximum absolute atomic E-state index is 6.09. The molecule has 5 heteroatoms. The van der Waals surface area contributed by atoms with Crippen molar-refractivity contribution in [3.05, 3.63) is 53.6 Å². The fourth-order valence-electron chi connectivity index (χ4n) is 2.86. The maximum atomic E-state index is 6.09. The van der Waals surface area contributed by atoms with Gasteiger partial charge < -0.3 is 19.9 Å². The van der Waals surface area contributed by atoms with Crippen LogP contribution in [-0.2, 0) is 6.54 Å². The van der Waals surface area contributed by atoms with Crippen molar-refractivity contribution < 1.29 is 14.2 Å². The molecule has 5 nitrogen and oxygen atoms in total. The summed E-state index contributed by atoms with van der Waals surface area (Å²) < 4.78 is 16.5. The molecule has 2 aromatic rings. The number of nitrogens with two attached hydrogens (primary N) is 1. The smallest absolute Gasteiger partial charge is 0.131 e. The number of benzene rings is 2. The van der Waals surface area contributed by atoms with Crippen molar-refractivity contribution in [3.8, 4) is 17.2 Å². The van der Waals surface area contributed by atoms with E-state index in [-0.39, 0.29) is 6.04 Å². The molecule has 2 N–H and O–H groups in total. The number of ether oxygens (including phenoxy) is 3. The second kappa shape index (κ2) is 8.57. The second-order valence-electron chi connectivity index (χ2n) is 5.60. The van der Waals surface area contributed by atoms with Crippen LogP contribution in [0.2, 0.25) is 0 Å². The summed E-state index contributed by atoms with van der Waals surface area (Å²) in [6.45, 7) is 1.23. The van der Waals surface area contributed by atoms with E-state index in [9.17, 15) is 0 Å². The van der Waals surface area contributed by atoms with Gasteiger partial charge in [0.15, 0.2) is 0 Å². The molecule has 0 saturated carbocycles. The molecule has 24 heavy (non-hydrogen) atoms. The average molecular weight is 330 g/mol. The molecule has 0 spiro atoms. The molecule has 0 radical (unpaired) electrons. The molecule has 0 aliphatic rings. The summed E-state index contributed by atoms with van der Waals surface area (Å²) in [4.78, 5) is 2.20. The highest BCUT2D eigenvalue weighted by Gasteiger charge is 2.25. The highest BCUT2D eigenvalue weighted by atomic mass is 16.5. The van der Waals surface area contributed by atoms with Gasteiger partial charge in [-0.25, -0.2) is 0 Å².